The van der Waals surface area contributed by atoms with Gasteiger partial charge in [0, 0.05) is 30.8 Å². The maximum atomic E-state index is 12.2. The molecule has 2 amide bonds. The molecule has 8 heteroatoms. The molecule has 24 heavy (non-hydrogen) atoms. The maximum Gasteiger partial charge on any atom is 0.410 e. The quantitative estimate of drug-likeness (QED) is 0.814. The number of aromatic nitrogens is 1. The third-order valence-corrected chi connectivity index (χ3v) is 5.69. The molecule has 0 spiro atoms. The van der Waals surface area contributed by atoms with Crippen molar-refractivity contribution in [3.8, 4) is 0 Å². The van der Waals surface area contributed by atoms with Crippen LogP contribution in [0.25, 0.3) is 0 Å². The summed E-state index contributed by atoms with van der Waals surface area (Å²) in [5.41, 5.74) is 0.497. The van der Waals surface area contributed by atoms with Crippen molar-refractivity contribution in [3.63, 3.8) is 0 Å². The van der Waals surface area contributed by atoms with Gasteiger partial charge in [-0.3, -0.25) is 9.69 Å². The van der Waals surface area contributed by atoms with E-state index in [-0.39, 0.29) is 12.0 Å². The van der Waals surface area contributed by atoms with E-state index in [9.17, 15) is 9.59 Å². The van der Waals surface area contributed by atoms with Crippen LogP contribution in [0.2, 0.25) is 0 Å². The number of carbonyl (C=O) groups excluding carboxylic acids is 2. The molecule has 3 rings (SSSR count). The molecule has 1 aromatic rings. The van der Waals surface area contributed by atoms with Crippen molar-refractivity contribution in [2.75, 3.05) is 23.7 Å². The third-order valence-electron chi connectivity index (χ3n) is 4.07. The summed E-state index contributed by atoms with van der Waals surface area (Å²) in [7, 11) is 0. The van der Waals surface area contributed by atoms with Gasteiger partial charge < -0.3 is 9.64 Å². The van der Waals surface area contributed by atoms with E-state index in [0.717, 1.165) is 15.7 Å². The highest BCUT2D eigenvalue weighted by atomic mass is 32.1. The van der Waals surface area contributed by atoms with Crippen molar-refractivity contribution >= 4 is 41.1 Å². The molecule has 1 atom stereocenters. The molecule has 3 heterocycles. The number of carbonyl (C=O) groups is 2. The van der Waals surface area contributed by atoms with Crippen molar-refractivity contribution in [3.05, 3.63) is 10.6 Å². The summed E-state index contributed by atoms with van der Waals surface area (Å²) >= 11 is 5.80. The first-order valence-electron chi connectivity index (χ1n) is 8.14. The number of nitrogens with zero attached hydrogens (tertiary/aromatic N) is 3. The van der Waals surface area contributed by atoms with Gasteiger partial charge in [0.25, 0.3) is 0 Å². The number of rotatable bonds is 2. The lowest BCUT2D eigenvalue weighted by Gasteiger charge is -2.29. The van der Waals surface area contributed by atoms with E-state index in [1.807, 2.05) is 20.8 Å². The summed E-state index contributed by atoms with van der Waals surface area (Å²) in [6.07, 6.45) is 0.941. The number of thiol groups is 1. The van der Waals surface area contributed by atoms with Gasteiger partial charge in [-0.05, 0) is 32.4 Å². The Labute approximate surface area is 151 Å². The zero-order valence-electron chi connectivity index (χ0n) is 14.2. The number of thiazole rings is 1. The maximum absolute atomic E-state index is 12.2. The van der Waals surface area contributed by atoms with Gasteiger partial charge in [-0.2, -0.15) is 12.6 Å². The van der Waals surface area contributed by atoms with Crippen LogP contribution in [-0.4, -0.2) is 46.3 Å². The second-order valence-corrected chi connectivity index (χ2v) is 8.70. The minimum absolute atomic E-state index is 0.115. The normalized spacial score (nSPS) is 21.2. The van der Waals surface area contributed by atoms with Crippen LogP contribution in [0.5, 0.6) is 0 Å². The first-order valence-corrected chi connectivity index (χ1v) is 9.59. The average molecular weight is 370 g/mol. The number of anilines is 1. The lowest BCUT2D eigenvalue weighted by molar-refractivity contribution is -0.117. The minimum Gasteiger partial charge on any atom is -0.444 e. The number of hydrogen-bond donors (Lipinski definition) is 1. The minimum atomic E-state index is -0.500. The standard InChI is InChI=1S/C16H23N3O3S2/c1-16(2,3)22-15(21)18-5-4-11-12(8-18)24-14(17-11)19-7-10(9-23)6-13(19)20/h10,23H,4-9H2,1-3H3. The summed E-state index contributed by atoms with van der Waals surface area (Å²) < 4.78 is 5.44. The monoisotopic (exact) mass is 369 g/mol. The molecule has 1 unspecified atom stereocenters. The number of ether oxygens (including phenoxy) is 1. The molecule has 0 N–H and O–H groups in total. The molecule has 0 aliphatic carbocycles. The number of fused-ring (bicyclic) bond motifs is 1. The fourth-order valence-electron chi connectivity index (χ4n) is 2.87. The fourth-order valence-corrected chi connectivity index (χ4v) is 4.26. The molecule has 1 fully saturated rings. The molecule has 0 radical (unpaired) electrons. The fraction of sp³-hybridized carbons (Fsp3) is 0.688. The molecule has 0 bridgehead atoms. The zero-order valence-corrected chi connectivity index (χ0v) is 16.0. The zero-order chi connectivity index (χ0) is 17.5. The first-order chi connectivity index (χ1) is 11.3. The number of amides is 2. The Morgan fingerprint density at radius 1 is 1.46 bits per heavy atom. The van der Waals surface area contributed by atoms with Crippen molar-refractivity contribution in [1.82, 2.24) is 9.88 Å². The molecular weight excluding hydrogens is 346 g/mol. The first kappa shape index (κ1) is 17.5. The Kier molecular flexibility index (Phi) is 4.79. The van der Waals surface area contributed by atoms with E-state index in [1.165, 1.54) is 11.3 Å². The molecule has 2 aliphatic rings. The summed E-state index contributed by atoms with van der Waals surface area (Å²) in [5.74, 6) is 1.11. The second kappa shape index (κ2) is 6.55. The molecule has 132 valence electrons. The highest BCUT2D eigenvalue weighted by molar-refractivity contribution is 7.80. The topological polar surface area (TPSA) is 62.7 Å². The van der Waals surface area contributed by atoms with E-state index < -0.39 is 5.60 Å². The van der Waals surface area contributed by atoms with Crippen LogP contribution >= 0.6 is 24.0 Å². The van der Waals surface area contributed by atoms with Gasteiger partial charge in [-0.1, -0.05) is 11.3 Å². The van der Waals surface area contributed by atoms with Gasteiger partial charge >= 0.3 is 6.09 Å². The predicted octanol–water partition coefficient (Wildman–Crippen LogP) is 2.72. The van der Waals surface area contributed by atoms with Gasteiger partial charge in [0.05, 0.1) is 12.2 Å². The van der Waals surface area contributed by atoms with Crippen LogP contribution in [0.15, 0.2) is 0 Å². The molecule has 1 saturated heterocycles. The van der Waals surface area contributed by atoms with Crippen LogP contribution in [0.1, 0.15) is 37.8 Å². The molecular formula is C16H23N3O3S2. The van der Waals surface area contributed by atoms with E-state index in [2.05, 4.69) is 17.6 Å². The van der Waals surface area contributed by atoms with Crippen molar-refractivity contribution in [2.45, 2.75) is 45.8 Å². The van der Waals surface area contributed by atoms with Crippen molar-refractivity contribution in [2.24, 2.45) is 5.92 Å². The molecule has 0 saturated carbocycles. The lowest BCUT2D eigenvalue weighted by atomic mass is 10.1. The van der Waals surface area contributed by atoms with Gasteiger partial charge in [0.1, 0.15) is 5.60 Å². The summed E-state index contributed by atoms with van der Waals surface area (Å²) in [6, 6.07) is 0. The second-order valence-electron chi connectivity index (χ2n) is 7.28. The van der Waals surface area contributed by atoms with E-state index in [1.54, 1.807) is 9.80 Å². The number of hydrogen-bond acceptors (Lipinski definition) is 6. The van der Waals surface area contributed by atoms with Crippen LogP contribution in [0, 0.1) is 5.92 Å². The lowest BCUT2D eigenvalue weighted by Crippen LogP contribution is -2.39. The van der Waals surface area contributed by atoms with E-state index >= 15 is 0 Å². The van der Waals surface area contributed by atoms with Crippen LogP contribution in [-0.2, 0) is 22.5 Å². The van der Waals surface area contributed by atoms with Crippen LogP contribution in [0.3, 0.4) is 0 Å². The Hall–Kier alpha value is -1.28. The Morgan fingerprint density at radius 3 is 2.83 bits per heavy atom. The summed E-state index contributed by atoms with van der Waals surface area (Å²) in [5, 5.41) is 0.750. The Bertz CT molecular complexity index is 653. The van der Waals surface area contributed by atoms with E-state index in [4.69, 9.17) is 4.74 Å². The largest absolute Gasteiger partial charge is 0.444 e. The van der Waals surface area contributed by atoms with Crippen molar-refractivity contribution in [1.29, 1.82) is 0 Å². The Morgan fingerprint density at radius 2 is 2.21 bits per heavy atom. The highest BCUT2D eigenvalue weighted by Crippen LogP contribution is 2.34. The van der Waals surface area contributed by atoms with Crippen molar-refractivity contribution < 1.29 is 14.3 Å². The van der Waals surface area contributed by atoms with Gasteiger partial charge in [0.15, 0.2) is 5.13 Å². The van der Waals surface area contributed by atoms with E-state index in [0.29, 0.717) is 44.1 Å². The molecule has 6 nitrogen and oxygen atoms in total. The van der Waals surface area contributed by atoms with Crippen LogP contribution in [0.4, 0.5) is 9.93 Å². The SMILES string of the molecule is CC(C)(C)OC(=O)N1CCc2nc(N3CC(CS)CC3=O)sc2C1. The third kappa shape index (κ3) is 3.69. The summed E-state index contributed by atoms with van der Waals surface area (Å²) in [6.45, 7) is 7.37. The highest BCUT2D eigenvalue weighted by Gasteiger charge is 2.34. The average Bonchev–Trinajstić information content (AvgIpc) is 3.07. The molecule has 0 aromatic carbocycles. The predicted molar refractivity (Wildman–Crippen MR) is 96.8 cm³/mol. The smallest absolute Gasteiger partial charge is 0.410 e. The summed E-state index contributed by atoms with van der Waals surface area (Å²) in [4.78, 5) is 33.6. The Balaban J connectivity index is 1.71. The molecule has 1 aromatic heterocycles. The molecule has 2 aliphatic heterocycles. The van der Waals surface area contributed by atoms with Crippen LogP contribution < -0.4 is 4.90 Å². The van der Waals surface area contributed by atoms with Gasteiger partial charge in [-0.25, -0.2) is 9.78 Å². The van der Waals surface area contributed by atoms with Gasteiger partial charge in [0.2, 0.25) is 5.91 Å². The van der Waals surface area contributed by atoms with Gasteiger partial charge in [-0.15, -0.1) is 0 Å².